The van der Waals surface area contributed by atoms with Gasteiger partial charge in [0.15, 0.2) is 6.10 Å². The second-order valence-corrected chi connectivity index (χ2v) is 2.77. The largest absolute Gasteiger partial charge is 0.478 e. The fraction of sp³-hybridized carbons (Fsp3) is 0.200. The monoisotopic (exact) mass is 227 g/mol. The predicted molar refractivity (Wildman–Crippen MR) is 55.0 cm³/mol. The number of hydrogen-bond donors (Lipinski definition) is 2. The smallest absolute Gasteiger partial charge is 0.331 e. The minimum Gasteiger partial charge on any atom is -0.478 e. The van der Waals surface area contributed by atoms with Gasteiger partial charge in [-0.2, -0.15) is 0 Å². The maximum absolute atomic E-state index is 11.0. The molecular weight excluding hydrogens is 214 g/mol. The third-order valence-electron chi connectivity index (χ3n) is 1.60. The average Bonchev–Trinajstić information content (AvgIpc) is 2.67. The van der Waals surface area contributed by atoms with Crippen LogP contribution in [0, 0.1) is 0 Å². The molecule has 0 spiro atoms. The van der Waals surface area contributed by atoms with E-state index in [4.69, 9.17) is 14.3 Å². The van der Waals surface area contributed by atoms with Gasteiger partial charge in [-0.1, -0.05) is 0 Å². The van der Waals surface area contributed by atoms with Crippen LogP contribution in [0.15, 0.2) is 35.0 Å². The van der Waals surface area contributed by atoms with Crippen molar-refractivity contribution in [3.05, 3.63) is 36.3 Å². The molecule has 88 valence electrons. The number of rotatable bonds is 4. The van der Waals surface area contributed by atoms with Crippen LogP contribution in [-0.2, 0) is 14.3 Å². The number of carbonyl (C=O) groups excluding carboxylic acids is 1. The van der Waals surface area contributed by atoms with Gasteiger partial charge in [0, 0.05) is 12.2 Å². The Kier molecular flexibility index (Phi) is 5.58. The minimum absolute atomic E-state index is 0. The van der Waals surface area contributed by atoms with Gasteiger partial charge in [0.2, 0.25) is 0 Å². The zero-order valence-electron chi connectivity index (χ0n) is 8.75. The fourth-order valence-electron chi connectivity index (χ4n) is 0.934. The van der Waals surface area contributed by atoms with Crippen LogP contribution in [0.3, 0.4) is 0 Å². The first-order valence-corrected chi connectivity index (χ1v) is 4.24. The predicted octanol–water partition coefficient (Wildman–Crippen LogP) is 1.69. The molecule has 1 aromatic rings. The molecule has 0 radical (unpaired) electrons. The zero-order chi connectivity index (χ0) is 11.3. The Labute approximate surface area is 92.1 Å². The van der Waals surface area contributed by atoms with Gasteiger partial charge in [-0.15, -0.1) is 0 Å². The molecule has 16 heavy (non-hydrogen) atoms. The molecule has 1 aromatic heterocycles. The molecule has 0 bridgehead atoms. The number of esters is 1. The summed E-state index contributed by atoms with van der Waals surface area (Å²) in [5.41, 5.74) is 0. The standard InChI is InChI=1S/C10H10O5.H3N/c1-7(8-3-2-6-14-8)15-10(13)5-4-9(11)12;/h2-7H,1H3,(H,11,12);1H3/b5-4-;. The highest BCUT2D eigenvalue weighted by Crippen LogP contribution is 2.16. The summed E-state index contributed by atoms with van der Waals surface area (Å²) in [5, 5.41) is 8.27. The number of hydrogen-bond acceptors (Lipinski definition) is 5. The van der Waals surface area contributed by atoms with Crippen molar-refractivity contribution < 1.29 is 23.8 Å². The summed E-state index contributed by atoms with van der Waals surface area (Å²) in [5.74, 6) is -1.41. The molecule has 6 heteroatoms. The summed E-state index contributed by atoms with van der Waals surface area (Å²) in [7, 11) is 0. The SMILES string of the molecule is CC(OC(=O)/C=C\C(=O)O)c1ccco1.N. The van der Waals surface area contributed by atoms with E-state index < -0.39 is 18.0 Å². The first-order valence-electron chi connectivity index (χ1n) is 4.24. The molecule has 1 atom stereocenters. The van der Waals surface area contributed by atoms with E-state index in [-0.39, 0.29) is 6.15 Å². The summed E-state index contributed by atoms with van der Waals surface area (Å²) in [6.07, 6.45) is 2.50. The summed E-state index contributed by atoms with van der Waals surface area (Å²) in [6.45, 7) is 1.63. The number of ether oxygens (including phenoxy) is 1. The highest BCUT2D eigenvalue weighted by atomic mass is 16.5. The van der Waals surface area contributed by atoms with Gasteiger partial charge < -0.3 is 20.4 Å². The van der Waals surface area contributed by atoms with Crippen molar-refractivity contribution in [2.24, 2.45) is 0 Å². The van der Waals surface area contributed by atoms with Gasteiger partial charge in [-0.25, -0.2) is 9.59 Å². The maximum Gasteiger partial charge on any atom is 0.331 e. The first kappa shape index (κ1) is 13.9. The molecule has 0 saturated heterocycles. The van der Waals surface area contributed by atoms with Gasteiger partial charge >= 0.3 is 11.9 Å². The highest BCUT2D eigenvalue weighted by molar-refractivity contribution is 5.90. The van der Waals surface area contributed by atoms with Crippen molar-refractivity contribution in [2.45, 2.75) is 13.0 Å². The van der Waals surface area contributed by atoms with Crippen molar-refractivity contribution in [2.75, 3.05) is 0 Å². The highest BCUT2D eigenvalue weighted by Gasteiger charge is 2.11. The van der Waals surface area contributed by atoms with Gasteiger partial charge in [0.25, 0.3) is 0 Å². The number of aliphatic carboxylic acids is 1. The molecule has 0 aliphatic heterocycles. The molecule has 6 nitrogen and oxygen atoms in total. The quantitative estimate of drug-likeness (QED) is 0.597. The second-order valence-electron chi connectivity index (χ2n) is 2.77. The number of furan rings is 1. The van der Waals surface area contributed by atoms with Crippen molar-refractivity contribution in [3.63, 3.8) is 0 Å². The third-order valence-corrected chi connectivity index (χ3v) is 1.60. The minimum atomic E-state index is -1.20. The van der Waals surface area contributed by atoms with E-state index in [0.29, 0.717) is 5.76 Å². The fourth-order valence-corrected chi connectivity index (χ4v) is 0.934. The van der Waals surface area contributed by atoms with Crippen LogP contribution in [-0.4, -0.2) is 17.0 Å². The third kappa shape index (κ3) is 4.43. The lowest BCUT2D eigenvalue weighted by Crippen LogP contribution is -2.06. The lowest BCUT2D eigenvalue weighted by molar-refractivity contribution is -0.143. The lowest BCUT2D eigenvalue weighted by Gasteiger charge is -2.07. The lowest BCUT2D eigenvalue weighted by atomic mass is 10.3. The molecule has 0 saturated carbocycles. The summed E-state index contributed by atoms with van der Waals surface area (Å²) < 4.78 is 9.87. The molecule has 1 rings (SSSR count). The van der Waals surface area contributed by atoms with Gasteiger partial charge in [-0.05, 0) is 19.1 Å². The van der Waals surface area contributed by atoms with E-state index in [0.717, 1.165) is 12.2 Å². The molecule has 0 amide bonds. The molecule has 0 aromatic carbocycles. The first-order chi connectivity index (χ1) is 7.09. The Morgan fingerprint density at radius 1 is 1.50 bits per heavy atom. The van der Waals surface area contributed by atoms with Crippen LogP contribution in [0.25, 0.3) is 0 Å². The van der Waals surface area contributed by atoms with Crippen LogP contribution < -0.4 is 6.15 Å². The Hall–Kier alpha value is -2.08. The van der Waals surface area contributed by atoms with E-state index in [1.54, 1.807) is 19.1 Å². The van der Waals surface area contributed by atoms with E-state index >= 15 is 0 Å². The second kappa shape index (κ2) is 6.41. The topological polar surface area (TPSA) is 112 Å². The molecule has 0 aliphatic rings. The Balaban J connectivity index is 0.00000225. The molecular formula is C10H13NO5. The Morgan fingerprint density at radius 2 is 2.19 bits per heavy atom. The Bertz CT molecular complexity index is 369. The number of carboxylic acids is 1. The molecule has 0 aliphatic carbocycles. The van der Waals surface area contributed by atoms with Crippen molar-refractivity contribution in [1.29, 1.82) is 0 Å². The molecule has 4 N–H and O–H groups in total. The van der Waals surface area contributed by atoms with Crippen LogP contribution in [0.1, 0.15) is 18.8 Å². The summed E-state index contributed by atoms with van der Waals surface area (Å²) >= 11 is 0. The molecule has 1 heterocycles. The normalized spacial score (nSPS) is 11.8. The van der Waals surface area contributed by atoms with Gasteiger partial charge in [-0.3, -0.25) is 0 Å². The van der Waals surface area contributed by atoms with Crippen molar-refractivity contribution in [1.82, 2.24) is 6.15 Å². The van der Waals surface area contributed by atoms with Crippen LogP contribution in [0.5, 0.6) is 0 Å². The van der Waals surface area contributed by atoms with Crippen LogP contribution in [0.2, 0.25) is 0 Å². The van der Waals surface area contributed by atoms with Gasteiger partial charge in [0.1, 0.15) is 5.76 Å². The van der Waals surface area contributed by atoms with Crippen LogP contribution >= 0.6 is 0 Å². The van der Waals surface area contributed by atoms with Crippen molar-refractivity contribution >= 4 is 11.9 Å². The molecule has 0 fully saturated rings. The van der Waals surface area contributed by atoms with E-state index in [1.807, 2.05) is 0 Å². The van der Waals surface area contributed by atoms with Crippen LogP contribution in [0.4, 0.5) is 0 Å². The Morgan fingerprint density at radius 3 is 2.69 bits per heavy atom. The van der Waals surface area contributed by atoms with E-state index in [1.165, 1.54) is 6.26 Å². The van der Waals surface area contributed by atoms with E-state index in [9.17, 15) is 9.59 Å². The maximum atomic E-state index is 11.0. The van der Waals surface area contributed by atoms with E-state index in [2.05, 4.69) is 0 Å². The van der Waals surface area contributed by atoms with Gasteiger partial charge in [0.05, 0.1) is 6.26 Å². The molecule has 1 unspecified atom stereocenters. The summed E-state index contributed by atoms with van der Waals surface area (Å²) in [4.78, 5) is 21.1. The average molecular weight is 227 g/mol. The number of carboxylic acid groups (broad SMARTS) is 1. The summed E-state index contributed by atoms with van der Waals surface area (Å²) in [6, 6.07) is 3.34. The zero-order valence-corrected chi connectivity index (χ0v) is 8.75. The van der Waals surface area contributed by atoms with Crippen molar-refractivity contribution in [3.8, 4) is 0 Å². The number of carbonyl (C=O) groups is 2.